The van der Waals surface area contributed by atoms with Gasteiger partial charge in [-0.2, -0.15) is 0 Å². The minimum absolute atomic E-state index is 0.431. The molecule has 0 spiro atoms. The molecule has 2 bridgehead atoms. The third kappa shape index (κ3) is 2.96. The maximum absolute atomic E-state index is 12.6. The van der Waals surface area contributed by atoms with E-state index < -0.39 is 0 Å². The van der Waals surface area contributed by atoms with Crippen LogP contribution in [0.5, 0.6) is 0 Å². The van der Waals surface area contributed by atoms with E-state index in [1.54, 1.807) is 0 Å². The number of hydrogen-bond donors (Lipinski definition) is 1. The molecular formula is C16H28N2O. The van der Waals surface area contributed by atoms with Crippen LogP contribution in [0.3, 0.4) is 0 Å². The minimum Gasteiger partial charge on any atom is -0.340 e. The Kier molecular flexibility index (Phi) is 4.11. The van der Waals surface area contributed by atoms with Crippen LogP contribution in [0, 0.1) is 5.92 Å². The van der Waals surface area contributed by atoms with Gasteiger partial charge in [0.15, 0.2) is 0 Å². The first-order chi connectivity index (χ1) is 9.26. The number of hydrogen-bond acceptors (Lipinski definition) is 2. The summed E-state index contributed by atoms with van der Waals surface area (Å²) in [6.45, 7) is 3.05. The molecule has 3 fully saturated rings. The molecule has 3 nitrogen and oxygen atoms in total. The van der Waals surface area contributed by atoms with Crippen LogP contribution in [0.1, 0.15) is 64.7 Å². The van der Waals surface area contributed by atoms with Gasteiger partial charge in [0, 0.05) is 31.1 Å². The first kappa shape index (κ1) is 13.4. The summed E-state index contributed by atoms with van der Waals surface area (Å²) in [5.41, 5.74) is 0. The van der Waals surface area contributed by atoms with E-state index in [1.165, 1.54) is 51.4 Å². The number of carbonyl (C=O) groups excluding carboxylic acids is 1. The molecule has 0 aromatic heterocycles. The molecule has 0 radical (unpaired) electrons. The van der Waals surface area contributed by atoms with Crippen molar-refractivity contribution in [2.45, 2.75) is 82.8 Å². The number of nitrogens with one attached hydrogen (secondary N) is 1. The Hall–Kier alpha value is -0.570. The molecule has 0 aromatic rings. The van der Waals surface area contributed by atoms with Crippen molar-refractivity contribution in [2.24, 2.45) is 5.92 Å². The summed E-state index contributed by atoms with van der Waals surface area (Å²) >= 11 is 0. The lowest BCUT2D eigenvalue weighted by molar-refractivity contribution is -0.134. The third-order valence-electron chi connectivity index (χ3n) is 5.46. The predicted molar refractivity (Wildman–Crippen MR) is 76.9 cm³/mol. The zero-order valence-corrected chi connectivity index (χ0v) is 12.2. The number of amides is 1. The summed E-state index contributed by atoms with van der Waals surface area (Å²) in [5, 5.41) is 3.67. The molecule has 2 aliphatic heterocycles. The second kappa shape index (κ2) is 5.82. The van der Waals surface area contributed by atoms with E-state index in [4.69, 9.17) is 0 Å². The second-order valence-corrected chi connectivity index (χ2v) is 6.80. The van der Waals surface area contributed by atoms with E-state index in [9.17, 15) is 4.79 Å². The van der Waals surface area contributed by atoms with Crippen molar-refractivity contribution in [1.82, 2.24) is 10.2 Å². The van der Waals surface area contributed by atoms with Crippen molar-refractivity contribution in [3.63, 3.8) is 0 Å². The molecule has 2 atom stereocenters. The number of carbonyl (C=O) groups is 1. The molecular weight excluding hydrogens is 236 g/mol. The molecule has 3 heteroatoms. The maximum atomic E-state index is 12.6. The molecule has 1 amide bonds. The molecule has 108 valence electrons. The number of rotatable bonds is 4. The quantitative estimate of drug-likeness (QED) is 0.846. The fourth-order valence-corrected chi connectivity index (χ4v) is 4.56. The average molecular weight is 264 g/mol. The van der Waals surface area contributed by atoms with E-state index in [0.717, 1.165) is 13.0 Å². The smallest absolute Gasteiger partial charge is 0.223 e. The fourth-order valence-electron chi connectivity index (χ4n) is 4.56. The third-order valence-corrected chi connectivity index (χ3v) is 5.46. The maximum Gasteiger partial charge on any atom is 0.223 e. The highest BCUT2D eigenvalue weighted by atomic mass is 16.2. The van der Waals surface area contributed by atoms with Crippen LogP contribution < -0.4 is 5.32 Å². The number of piperidine rings is 1. The monoisotopic (exact) mass is 264 g/mol. The van der Waals surface area contributed by atoms with Crippen molar-refractivity contribution in [2.75, 3.05) is 6.54 Å². The van der Waals surface area contributed by atoms with Gasteiger partial charge in [-0.3, -0.25) is 4.79 Å². The van der Waals surface area contributed by atoms with E-state index in [0.29, 0.717) is 30.0 Å². The number of nitrogens with zero attached hydrogens (tertiary/aromatic N) is 1. The zero-order chi connectivity index (χ0) is 13.2. The normalized spacial score (nSPS) is 34.7. The van der Waals surface area contributed by atoms with Crippen molar-refractivity contribution in [3.05, 3.63) is 0 Å². The number of fused-ring (bicyclic) bond motifs is 2. The van der Waals surface area contributed by atoms with E-state index in [2.05, 4.69) is 17.1 Å². The SMILES string of the molecule is CCN(C(=O)CC1CC2CCC(C1)N2)C1CCCC1. The first-order valence-electron chi connectivity index (χ1n) is 8.31. The summed E-state index contributed by atoms with van der Waals surface area (Å²) in [7, 11) is 0. The van der Waals surface area contributed by atoms with Crippen LogP contribution >= 0.6 is 0 Å². The second-order valence-electron chi connectivity index (χ2n) is 6.80. The Labute approximate surface area is 117 Å². The summed E-state index contributed by atoms with van der Waals surface area (Å²) in [6, 6.07) is 1.96. The Morgan fingerprint density at radius 3 is 2.32 bits per heavy atom. The van der Waals surface area contributed by atoms with Crippen molar-refractivity contribution >= 4 is 5.91 Å². The topological polar surface area (TPSA) is 32.3 Å². The zero-order valence-electron chi connectivity index (χ0n) is 12.2. The van der Waals surface area contributed by atoms with Crippen LogP contribution in [0.2, 0.25) is 0 Å². The van der Waals surface area contributed by atoms with Gasteiger partial charge in [-0.05, 0) is 51.4 Å². The van der Waals surface area contributed by atoms with Gasteiger partial charge in [0.25, 0.3) is 0 Å². The molecule has 0 aromatic carbocycles. The highest BCUT2D eigenvalue weighted by Crippen LogP contribution is 2.33. The van der Waals surface area contributed by atoms with Gasteiger partial charge >= 0.3 is 0 Å². The van der Waals surface area contributed by atoms with Crippen LogP contribution in [-0.4, -0.2) is 35.5 Å². The van der Waals surface area contributed by atoms with Crippen LogP contribution in [0.4, 0.5) is 0 Å². The summed E-state index contributed by atoms with van der Waals surface area (Å²) in [4.78, 5) is 14.7. The van der Waals surface area contributed by atoms with Gasteiger partial charge in [0.05, 0.1) is 0 Å². The lowest BCUT2D eigenvalue weighted by Crippen LogP contribution is -2.42. The Bertz CT molecular complexity index is 313. The molecule has 1 aliphatic carbocycles. The minimum atomic E-state index is 0.431. The fraction of sp³-hybridized carbons (Fsp3) is 0.938. The Morgan fingerprint density at radius 2 is 1.74 bits per heavy atom. The highest BCUT2D eigenvalue weighted by Gasteiger charge is 2.35. The largest absolute Gasteiger partial charge is 0.340 e. The molecule has 2 saturated heterocycles. The van der Waals surface area contributed by atoms with Crippen molar-refractivity contribution in [3.8, 4) is 0 Å². The van der Waals surface area contributed by atoms with Gasteiger partial charge in [0.1, 0.15) is 0 Å². The summed E-state index contributed by atoms with van der Waals surface area (Å²) < 4.78 is 0. The van der Waals surface area contributed by atoms with E-state index in [1.807, 2.05) is 0 Å². The molecule has 19 heavy (non-hydrogen) atoms. The van der Waals surface area contributed by atoms with Crippen LogP contribution in [0.15, 0.2) is 0 Å². The Balaban J connectivity index is 1.54. The molecule has 2 unspecified atom stereocenters. The van der Waals surface area contributed by atoms with Crippen molar-refractivity contribution in [1.29, 1.82) is 0 Å². The molecule has 2 heterocycles. The van der Waals surface area contributed by atoms with Crippen LogP contribution in [-0.2, 0) is 4.79 Å². The van der Waals surface area contributed by atoms with Crippen LogP contribution in [0.25, 0.3) is 0 Å². The first-order valence-corrected chi connectivity index (χ1v) is 8.31. The summed E-state index contributed by atoms with van der Waals surface area (Å²) in [5.74, 6) is 1.07. The molecule has 1 N–H and O–H groups in total. The van der Waals surface area contributed by atoms with Gasteiger partial charge in [0.2, 0.25) is 5.91 Å². The van der Waals surface area contributed by atoms with Gasteiger partial charge in [-0.15, -0.1) is 0 Å². The lowest BCUT2D eigenvalue weighted by atomic mass is 9.89. The van der Waals surface area contributed by atoms with E-state index >= 15 is 0 Å². The highest BCUT2D eigenvalue weighted by molar-refractivity contribution is 5.76. The standard InChI is InChI=1S/C16H28N2O/c1-2-18(15-5-3-4-6-15)16(19)11-12-9-13-7-8-14(10-12)17-13/h12-15,17H,2-11H2,1H3. The van der Waals surface area contributed by atoms with Gasteiger partial charge < -0.3 is 10.2 Å². The van der Waals surface area contributed by atoms with E-state index in [-0.39, 0.29) is 0 Å². The van der Waals surface area contributed by atoms with Crippen molar-refractivity contribution < 1.29 is 4.79 Å². The molecule has 3 aliphatic rings. The summed E-state index contributed by atoms with van der Waals surface area (Å²) in [6.07, 6.45) is 11.0. The predicted octanol–water partition coefficient (Wildman–Crippen LogP) is 2.70. The lowest BCUT2D eigenvalue weighted by Gasteiger charge is -2.32. The molecule has 1 saturated carbocycles. The Morgan fingerprint density at radius 1 is 1.11 bits per heavy atom. The van der Waals surface area contributed by atoms with Gasteiger partial charge in [-0.25, -0.2) is 0 Å². The molecule has 3 rings (SSSR count). The average Bonchev–Trinajstić information content (AvgIpc) is 3.01. The van der Waals surface area contributed by atoms with Gasteiger partial charge in [-0.1, -0.05) is 12.8 Å².